The number of hydrogen-bond donors (Lipinski definition) is 2. The molecule has 14 nitrogen and oxygen atoms in total. The van der Waals surface area contributed by atoms with Crippen molar-refractivity contribution >= 4 is 45.6 Å². The minimum absolute atomic E-state index is 0.182. The van der Waals surface area contributed by atoms with Crippen LogP contribution in [0.4, 0.5) is 9.59 Å². The minimum Gasteiger partial charge on any atom is -0.444 e. The summed E-state index contributed by atoms with van der Waals surface area (Å²) >= 11 is 0. The highest BCUT2D eigenvalue weighted by molar-refractivity contribution is 8.76. The molecule has 2 saturated carbocycles. The predicted molar refractivity (Wildman–Crippen MR) is 278 cm³/mol. The number of carbonyl (C=O) groups is 4. The molecule has 16 heteroatoms. The van der Waals surface area contributed by atoms with E-state index < -0.39 is 35.5 Å². The van der Waals surface area contributed by atoms with Crippen LogP contribution in [0.1, 0.15) is 142 Å². The summed E-state index contributed by atoms with van der Waals surface area (Å²) in [5.74, 6) is 0.980. The molecule has 0 spiro atoms. The molecule has 2 unspecified atom stereocenters. The highest BCUT2D eigenvalue weighted by Gasteiger charge is 2.41. The molecule has 70 heavy (non-hydrogen) atoms. The molecule has 2 aromatic heterocycles. The lowest BCUT2D eigenvalue weighted by molar-refractivity contribution is -0.138. The molecule has 4 aromatic rings. The number of benzene rings is 2. The zero-order valence-electron chi connectivity index (χ0n) is 42.1. The van der Waals surface area contributed by atoms with Crippen molar-refractivity contribution in [3.05, 3.63) is 84.2 Å². The molecule has 8 rings (SSSR count). The molecule has 4 atom stereocenters. The molecule has 2 aliphatic carbocycles. The van der Waals surface area contributed by atoms with Crippen molar-refractivity contribution < 1.29 is 28.7 Å². The van der Waals surface area contributed by atoms with Crippen molar-refractivity contribution in [1.29, 1.82) is 0 Å². The van der Waals surface area contributed by atoms with Crippen LogP contribution in [0.2, 0.25) is 0 Å². The van der Waals surface area contributed by atoms with Crippen molar-refractivity contribution in [1.82, 2.24) is 40.0 Å². The first-order chi connectivity index (χ1) is 33.6. The summed E-state index contributed by atoms with van der Waals surface area (Å²) in [6.07, 6.45) is 12.0. The van der Waals surface area contributed by atoms with Gasteiger partial charge in [-0.1, -0.05) is 146 Å². The highest BCUT2D eigenvalue weighted by Crippen LogP contribution is 2.41. The average molecular weight is 995 g/mol. The lowest BCUT2D eigenvalue weighted by Gasteiger charge is -2.40. The first-order valence-corrected chi connectivity index (χ1v) is 28.2. The number of fused-ring (bicyclic) bond motifs is 2. The Labute approximate surface area is 422 Å². The zero-order chi connectivity index (χ0) is 49.4. The van der Waals surface area contributed by atoms with E-state index in [0.717, 1.165) is 72.4 Å². The summed E-state index contributed by atoms with van der Waals surface area (Å²) < 4.78 is 15.6. The van der Waals surface area contributed by atoms with E-state index in [-0.39, 0.29) is 35.4 Å². The van der Waals surface area contributed by atoms with Crippen LogP contribution < -0.4 is 10.6 Å². The fourth-order valence-electron chi connectivity index (χ4n) is 10.7. The van der Waals surface area contributed by atoms with Crippen LogP contribution in [0.25, 0.3) is 22.5 Å². The Kier molecular flexibility index (Phi) is 16.9. The van der Waals surface area contributed by atoms with E-state index >= 15 is 9.59 Å². The van der Waals surface area contributed by atoms with Crippen LogP contribution in [0, 0.1) is 11.8 Å². The Hall–Kier alpha value is -4.96. The quantitative estimate of drug-likeness (QED) is 0.0869. The normalized spacial score (nSPS) is 19.9. The molecular formula is C54H74N8O6S2. The molecule has 2 N–H and O–H groups in total. The number of amides is 4. The number of carbonyl (C=O) groups excluding carboxylic acids is 4. The summed E-state index contributed by atoms with van der Waals surface area (Å²) in [7, 11) is 2.79. The standard InChI is InChI=1S/C54H74N8O6S2/c1-53(2,3)67-51(65)55-43(49(63)59-27-29-61-47(45(59)31-37-19-11-7-12-20-37)33-41(57-61)39-23-15-9-16-24-39)35-69-70-36-44(56-52(66)68-54(4,5)6)50(64)60-28-30-62-48(46(60)32-38-21-13-8-14-22-38)34-42(58-62)40-25-17-10-18-26-40/h9-10,15-18,23-26,33-34,37-38,43-46H,7-8,11-14,19-22,27-32,35-36H2,1-6H3,(H,55,65)(H,56,66)/t43-,44-,45?,46?/m0/s1. The molecule has 2 aromatic carbocycles. The summed E-state index contributed by atoms with van der Waals surface area (Å²) in [5.41, 5.74) is 4.28. The lowest BCUT2D eigenvalue weighted by Crippen LogP contribution is -2.54. The second-order valence-electron chi connectivity index (χ2n) is 21.6. The number of hydrogen-bond acceptors (Lipinski definition) is 10. The third-order valence-electron chi connectivity index (χ3n) is 14.0. The second-order valence-corrected chi connectivity index (χ2v) is 24.2. The van der Waals surface area contributed by atoms with E-state index in [2.05, 4.69) is 56.4 Å². The summed E-state index contributed by atoms with van der Waals surface area (Å²) in [5, 5.41) is 16.0. The largest absolute Gasteiger partial charge is 0.444 e. The van der Waals surface area contributed by atoms with Crippen molar-refractivity contribution in [3.63, 3.8) is 0 Å². The van der Waals surface area contributed by atoms with E-state index in [1.165, 1.54) is 60.1 Å². The van der Waals surface area contributed by atoms with Crippen LogP contribution >= 0.6 is 21.6 Å². The van der Waals surface area contributed by atoms with Gasteiger partial charge in [-0.2, -0.15) is 10.2 Å². The van der Waals surface area contributed by atoms with E-state index in [0.29, 0.717) is 38.0 Å². The van der Waals surface area contributed by atoms with Crippen LogP contribution in [0.3, 0.4) is 0 Å². The first kappa shape index (κ1) is 51.4. The molecule has 378 valence electrons. The van der Waals surface area contributed by atoms with E-state index in [1.54, 1.807) is 41.5 Å². The van der Waals surface area contributed by atoms with Gasteiger partial charge < -0.3 is 29.9 Å². The Balaban J connectivity index is 1.03. The summed E-state index contributed by atoms with van der Waals surface area (Å²) in [6, 6.07) is 22.2. The van der Waals surface area contributed by atoms with Gasteiger partial charge in [-0.15, -0.1) is 0 Å². The fourth-order valence-corrected chi connectivity index (χ4v) is 13.0. The smallest absolute Gasteiger partial charge is 0.408 e. The predicted octanol–water partition coefficient (Wildman–Crippen LogP) is 11.0. The third kappa shape index (κ3) is 13.5. The van der Waals surface area contributed by atoms with Crippen LogP contribution in [0.15, 0.2) is 72.8 Å². The maximum atomic E-state index is 15.1. The van der Waals surface area contributed by atoms with E-state index in [4.69, 9.17) is 19.7 Å². The number of nitrogens with zero attached hydrogens (tertiary/aromatic N) is 6. The monoisotopic (exact) mass is 995 g/mol. The van der Waals surface area contributed by atoms with Crippen LogP contribution in [-0.2, 0) is 32.2 Å². The van der Waals surface area contributed by atoms with Gasteiger partial charge in [-0.05, 0) is 78.4 Å². The number of ether oxygens (including phenoxy) is 2. The van der Waals surface area contributed by atoms with E-state index in [9.17, 15) is 9.59 Å². The second kappa shape index (κ2) is 23.1. The average Bonchev–Trinajstić information content (AvgIpc) is 3.98. The molecule has 0 bridgehead atoms. The maximum absolute atomic E-state index is 15.1. The molecule has 4 heterocycles. The van der Waals surface area contributed by atoms with Crippen molar-refractivity contribution in [2.24, 2.45) is 11.8 Å². The molecule has 4 aliphatic rings. The number of aromatic nitrogens is 4. The summed E-state index contributed by atoms with van der Waals surface area (Å²) in [6.45, 7) is 12.8. The van der Waals surface area contributed by atoms with Gasteiger partial charge in [-0.3, -0.25) is 19.0 Å². The van der Waals surface area contributed by atoms with E-state index in [1.807, 2.05) is 46.2 Å². The molecule has 2 fully saturated rings. The van der Waals surface area contributed by atoms with Gasteiger partial charge in [0.1, 0.15) is 23.3 Å². The number of alkyl carbamates (subject to hydrolysis) is 2. The van der Waals surface area contributed by atoms with Crippen LogP contribution in [-0.4, -0.2) is 101 Å². The van der Waals surface area contributed by atoms with Gasteiger partial charge >= 0.3 is 12.2 Å². The van der Waals surface area contributed by atoms with Gasteiger partial charge in [0.15, 0.2) is 0 Å². The Morgan fingerprint density at radius 3 is 1.30 bits per heavy atom. The maximum Gasteiger partial charge on any atom is 0.408 e. The van der Waals surface area contributed by atoms with Gasteiger partial charge in [0.25, 0.3) is 0 Å². The molecule has 0 radical (unpaired) electrons. The molecule has 2 aliphatic heterocycles. The van der Waals surface area contributed by atoms with Gasteiger partial charge in [-0.25, -0.2) is 9.59 Å². The van der Waals surface area contributed by atoms with Crippen LogP contribution in [0.5, 0.6) is 0 Å². The summed E-state index contributed by atoms with van der Waals surface area (Å²) in [4.78, 5) is 61.2. The topological polar surface area (TPSA) is 153 Å². The SMILES string of the molecule is CC(C)(C)OC(=O)N[C@@H](CSSC[C@H](NC(=O)OC(C)(C)C)C(=O)N1CCn2nc(-c3ccccc3)cc2C1CC1CCCCC1)C(=O)N1CCn2nc(-c3ccccc3)cc2C1CC1CCCCC1. The zero-order valence-corrected chi connectivity index (χ0v) is 43.7. The van der Waals surface area contributed by atoms with Gasteiger partial charge in [0, 0.05) is 35.7 Å². The Morgan fingerprint density at radius 1 is 0.571 bits per heavy atom. The lowest BCUT2D eigenvalue weighted by atomic mass is 9.83. The first-order valence-electron chi connectivity index (χ1n) is 25.7. The number of rotatable bonds is 15. The third-order valence-corrected chi connectivity index (χ3v) is 16.4. The van der Waals surface area contributed by atoms with Gasteiger partial charge in [0.05, 0.1) is 47.9 Å². The van der Waals surface area contributed by atoms with Gasteiger partial charge in [0.2, 0.25) is 11.8 Å². The van der Waals surface area contributed by atoms with Crippen molar-refractivity contribution in [2.75, 3.05) is 24.6 Å². The van der Waals surface area contributed by atoms with Crippen molar-refractivity contribution in [2.45, 2.75) is 167 Å². The molecular weight excluding hydrogens is 921 g/mol. The molecule has 0 saturated heterocycles. The Bertz CT molecular complexity index is 2220. The Morgan fingerprint density at radius 2 is 0.943 bits per heavy atom. The highest BCUT2D eigenvalue weighted by atomic mass is 33.1. The molecule has 4 amide bonds. The van der Waals surface area contributed by atoms with Crippen molar-refractivity contribution in [3.8, 4) is 22.5 Å². The fraction of sp³-hybridized carbons (Fsp3) is 0.593. The number of nitrogens with one attached hydrogen (secondary N) is 2. The minimum atomic E-state index is -0.932.